The van der Waals surface area contributed by atoms with Crippen molar-refractivity contribution >= 4 is 5.97 Å². The molecule has 0 radical (unpaired) electrons. The summed E-state index contributed by atoms with van der Waals surface area (Å²) in [5, 5.41) is 21.5. The van der Waals surface area contributed by atoms with Crippen LogP contribution < -0.4 is 0 Å². The predicted molar refractivity (Wildman–Crippen MR) is 88.2 cm³/mol. The van der Waals surface area contributed by atoms with Crippen molar-refractivity contribution < 1.29 is 9.90 Å². The van der Waals surface area contributed by atoms with E-state index in [1.54, 1.807) is 4.68 Å². The summed E-state index contributed by atoms with van der Waals surface area (Å²) in [6.07, 6.45) is 10.9. The number of hydrogen-bond acceptors (Lipinski definition) is 4. The maximum absolute atomic E-state index is 11.6. The topological polar surface area (TPSA) is 80.9 Å². The molecule has 1 saturated carbocycles. The molecule has 1 aromatic heterocycles. The molecule has 0 saturated heterocycles. The molecule has 1 aromatic rings. The van der Waals surface area contributed by atoms with Crippen molar-refractivity contribution in [2.75, 3.05) is 0 Å². The van der Waals surface area contributed by atoms with Crippen molar-refractivity contribution in [2.24, 2.45) is 5.92 Å². The molecule has 23 heavy (non-hydrogen) atoms. The number of nitrogens with zero attached hydrogens (tertiary/aromatic N) is 4. The second-order valence-electron chi connectivity index (χ2n) is 6.84. The van der Waals surface area contributed by atoms with E-state index in [1.165, 1.54) is 32.1 Å². The molecule has 1 heterocycles. The van der Waals surface area contributed by atoms with Crippen LogP contribution >= 0.6 is 0 Å². The lowest BCUT2D eigenvalue weighted by molar-refractivity contribution is -0.141. The van der Waals surface area contributed by atoms with Gasteiger partial charge in [0.2, 0.25) is 0 Å². The van der Waals surface area contributed by atoms with Crippen LogP contribution in [0.2, 0.25) is 0 Å². The lowest BCUT2D eigenvalue weighted by Crippen LogP contribution is -2.25. The number of rotatable bonds is 9. The largest absolute Gasteiger partial charge is 0.480 e. The Hall–Kier alpha value is -1.46. The van der Waals surface area contributed by atoms with E-state index in [9.17, 15) is 9.90 Å². The zero-order chi connectivity index (χ0) is 16.7. The van der Waals surface area contributed by atoms with E-state index in [1.807, 2.05) is 0 Å². The predicted octanol–water partition coefficient (Wildman–Crippen LogP) is 3.95. The highest BCUT2D eigenvalue weighted by Crippen LogP contribution is 2.37. The highest BCUT2D eigenvalue weighted by Gasteiger charge is 2.30. The molecule has 1 atom stereocenters. The van der Waals surface area contributed by atoms with Crippen molar-refractivity contribution in [2.45, 2.75) is 90.0 Å². The molecule has 0 aliphatic heterocycles. The first-order chi connectivity index (χ1) is 11.2. The van der Waals surface area contributed by atoms with Gasteiger partial charge >= 0.3 is 5.97 Å². The lowest BCUT2D eigenvalue weighted by Gasteiger charge is -2.28. The minimum absolute atomic E-state index is 0.311. The van der Waals surface area contributed by atoms with Crippen LogP contribution in [0.5, 0.6) is 0 Å². The van der Waals surface area contributed by atoms with E-state index in [-0.39, 0.29) is 0 Å². The van der Waals surface area contributed by atoms with Gasteiger partial charge in [0.25, 0.3) is 0 Å². The van der Waals surface area contributed by atoms with Crippen molar-refractivity contribution in [3.63, 3.8) is 0 Å². The third-order valence-corrected chi connectivity index (χ3v) is 5.11. The zero-order valence-corrected chi connectivity index (χ0v) is 14.4. The second kappa shape index (κ2) is 8.99. The van der Waals surface area contributed by atoms with Crippen LogP contribution in [-0.2, 0) is 4.79 Å². The molecule has 0 aromatic carbocycles. The van der Waals surface area contributed by atoms with Crippen LogP contribution in [0.3, 0.4) is 0 Å². The average Bonchev–Trinajstić information content (AvgIpc) is 3.03. The van der Waals surface area contributed by atoms with Gasteiger partial charge in [-0.2, -0.15) is 0 Å². The van der Waals surface area contributed by atoms with E-state index in [4.69, 9.17) is 0 Å². The second-order valence-corrected chi connectivity index (χ2v) is 6.84. The molecule has 1 fully saturated rings. The van der Waals surface area contributed by atoms with E-state index < -0.39 is 12.0 Å². The molecule has 1 unspecified atom stereocenters. The van der Waals surface area contributed by atoms with Gasteiger partial charge in [-0.05, 0) is 48.4 Å². The molecule has 0 bridgehead atoms. The van der Waals surface area contributed by atoms with Crippen LogP contribution in [0.1, 0.15) is 95.8 Å². The number of unbranched alkanes of at least 4 members (excludes halogenated alkanes) is 2. The number of carboxylic acid groups (broad SMARTS) is 1. The van der Waals surface area contributed by atoms with Crippen LogP contribution in [0.4, 0.5) is 0 Å². The molecule has 130 valence electrons. The average molecular weight is 322 g/mol. The first kappa shape index (κ1) is 17.9. The van der Waals surface area contributed by atoms with Gasteiger partial charge < -0.3 is 5.11 Å². The fraction of sp³-hybridized carbons (Fsp3) is 0.882. The van der Waals surface area contributed by atoms with Crippen LogP contribution in [0, 0.1) is 5.92 Å². The van der Waals surface area contributed by atoms with Crippen LogP contribution in [0.15, 0.2) is 0 Å². The summed E-state index contributed by atoms with van der Waals surface area (Å²) in [4.78, 5) is 11.6. The fourth-order valence-electron chi connectivity index (χ4n) is 3.64. The normalized spacial score (nSPS) is 22.9. The highest BCUT2D eigenvalue weighted by atomic mass is 16.4. The molecule has 2 rings (SSSR count). The summed E-state index contributed by atoms with van der Waals surface area (Å²) >= 11 is 0. The molecule has 1 N–H and O–H groups in total. The smallest absolute Gasteiger partial charge is 0.328 e. The van der Waals surface area contributed by atoms with Gasteiger partial charge in [-0.15, -0.1) is 5.10 Å². The number of aliphatic carboxylic acids is 1. The monoisotopic (exact) mass is 322 g/mol. The van der Waals surface area contributed by atoms with Gasteiger partial charge in [0.1, 0.15) is 0 Å². The molecule has 0 spiro atoms. The van der Waals surface area contributed by atoms with E-state index in [2.05, 4.69) is 29.4 Å². The number of aromatic nitrogens is 4. The van der Waals surface area contributed by atoms with Crippen molar-refractivity contribution in [1.29, 1.82) is 0 Å². The number of hydrogen-bond donors (Lipinski definition) is 1. The van der Waals surface area contributed by atoms with Gasteiger partial charge in [0.05, 0.1) is 0 Å². The maximum atomic E-state index is 11.6. The molecular weight excluding hydrogens is 292 g/mol. The molecule has 6 nitrogen and oxygen atoms in total. The Morgan fingerprint density at radius 3 is 2.52 bits per heavy atom. The third-order valence-electron chi connectivity index (χ3n) is 5.11. The fourth-order valence-corrected chi connectivity index (χ4v) is 3.64. The summed E-state index contributed by atoms with van der Waals surface area (Å²) in [5.74, 6) is 1.09. The number of tetrazole rings is 1. The third kappa shape index (κ3) is 4.75. The zero-order valence-electron chi connectivity index (χ0n) is 14.4. The summed E-state index contributed by atoms with van der Waals surface area (Å²) in [6.45, 7) is 4.30. The van der Waals surface area contributed by atoms with Crippen LogP contribution in [0.25, 0.3) is 0 Å². The van der Waals surface area contributed by atoms with Gasteiger partial charge in [-0.1, -0.05) is 46.0 Å². The minimum Gasteiger partial charge on any atom is -0.480 e. The van der Waals surface area contributed by atoms with Gasteiger partial charge in [-0.3, -0.25) is 0 Å². The standard InChI is InChI=1S/C17H30N4O2/c1-3-5-7-13-9-11-14(12-10-13)16-18-19-20-21(16)15(17(22)23)8-6-4-2/h13-15H,3-12H2,1-2H3,(H,22,23). The lowest BCUT2D eigenvalue weighted by atomic mass is 9.79. The Balaban J connectivity index is 2.01. The van der Waals surface area contributed by atoms with Gasteiger partial charge in [0.15, 0.2) is 11.9 Å². The Labute approximate surface area is 138 Å². The first-order valence-corrected chi connectivity index (χ1v) is 9.17. The molecular formula is C17H30N4O2. The summed E-state index contributed by atoms with van der Waals surface area (Å²) in [6, 6.07) is -0.627. The van der Waals surface area contributed by atoms with Crippen molar-refractivity contribution in [3.05, 3.63) is 5.82 Å². The molecule has 1 aliphatic rings. The summed E-state index contributed by atoms with van der Waals surface area (Å²) in [5.41, 5.74) is 0. The Morgan fingerprint density at radius 2 is 1.91 bits per heavy atom. The van der Waals surface area contributed by atoms with Gasteiger partial charge in [0, 0.05) is 5.92 Å². The van der Waals surface area contributed by atoms with Crippen LogP contribution in [-0.4, -0.2) is 31.3 Å². The number of carboxylic acids is 1. The molecule has 6 heteroatoms. The summed E-state index contributed by atoms with van der Waals surface area (Å²) in [7, 11) is 0. The minimum atomic E-state index is -0.830. The molecule has 1 aliphatic carbocycles. The first-order valence-electron chi connectivity index (χ1n) is 9.17. The van der Waals surface area contributed by atoms with Crippen molar-refractivity contribution in [3.8, 4) is 0 Å². The molecule has 0 amide bonds. The van der Waals surface area contributed by atoms with Gasteiger partial charge in [-0.25, -0.2) is 9.48 Å². The van der Waals surface area contributed by atoms with E-state index in [0.717, 1.165) is 37.4 Å². The quantitative estimate of drug-likeness (QED) is 0.744. The summed E-state index contributed by atoms with van der Waals surface area (Å²) < 4.78 is 1.58. The van der Waals surface area contributed by atoms with Crippen molar-refractivity contribution in [1.82, 2.24) is 20.2 Å². The number of carbonyl (C=O) groups is 1. The van der Waals surface area contributed by atoms with E-state index >= 15 is 0 Å². The Bertz CT molecular complexity index is 481. The Kier molecular flexibility index (Phi) is 6.99. The Morgan fingerprint density at radius 1 is 1.22 bits per heavy atom. The highest BCUT2D eigenvalue weighted by molar-refractivity contribution is 5.71. The maximum Gasteiger partial charge on any atom is 0.328 e. The SMILES string of the molecule is CCCCC1CCC(c2nnnn2C(CCCC)C(=O)O)CC1. The van der Waals surface area contributed by atoms with E-state index in [0.29, 0.717) is 12.3 Å².